The standard InChI is InChI=1S/C13H12O3S2/c1-9-12(6-7-17-9)13(14)10-4-3-5-11(8-10)18(2,15)16/h3-8H,1-2H3. The van der Waals surface area contributed by atoms with E-state index in [1.807, 2.05) is 12.3 Å². The van der Waals surface area contributed by atoms with Crippen LogP contribution in [0.25, 0.3) is 0 Å². The fourth-order valence-corrected chi connectivity index (χ4v) is 3.01. The molecule has 0 N–H and O–H groups in total. The molecule has 0 saturated heterocycles. The molecule has 94 valence electrons. The SMILES string of the molecule is Cc1sccc1C(=O)c1cccc(S(C)(=O)=O)c1. The summed E-state index contributed by atoms with van der Waals surface area (Å²) < 4.78 is 22.9. The molecule has 0 radical (unpaired) electrons. The number of aryl methyl sites for hydroxylation is 1. The largest absolute Gasteiger partial charge is 0.289 e. The third-order valence-electron chi connectivity index (χ3n) is 2.63. The number of carbonyl (C=O) groups excluding carboxylic acids is 1. The van der Waals surface area contributed by atoms with E-state index in [2.05, 4.69) is 0 Å². The molecule has 2 rings (SSSR count). The lowest BCUT2D eigenvalue weighted by Gasteiger charge is -2.03. The minimum atomic E-state index is -3.29. The number of thiophene rings is 1. The highest BCUT2D eigenvalue weighted by Crippen LogP contribution is 2.20. The molecule has 0 bridgehead atoms. The molecule has 0 amide bonds. The Hall–Kier alpha value is -1.46. The average Bonchev–Trinajstić information content (AvgIpc) is 2.73. The number of hydrogen-bond donors (Lipinski definition) is 0. The third kappa shape index (κ3) is 2.52. The Balaban J connectivity index is 2.47. The number of ketones is 1. The summed E-state index contributed by atoms with van der Waals surface area (Å²) in [6.45, 7) is 1.87. The summed E-state index contributed by atoms with van der Waals surface area (Å²) in [5, 5.41) is 1.85. The molecule has 1 aromatic heterocycles. The lowest BCUT2D eigenvalue weighted by molar-refractivity contribution is 0.103. The lowest BCUT2D eigenvalue weighted by atomic mass is 10.0. The monoisotopic (exact) mass is 280 g/mol. The highest BCUT2D eigenvalue weighted by Gasteiger charge is 2.15. The Kier molecular flexibility index (Phi) is 3.36. The van der Waals surface area contributed by atoms with Crippen molar-refractivity contribution in [3.05, 3.63) is 51.7 Å². The second-order valence-electron chi connectivity index (χ2n) is 4.02. The lowest BCUT2D eigenvalue weighted by Crippen LogP contribution is -2.04. The van der Waals surface area contributed by atoms with Gasteiger partial charge in [-0.3, -0.25) is 4.79 Å². The van der Waals surface area contributed by atoms with Gasteiger partial charge in [-0.2, -0.15) is 0 Å². The fourth-order valence-electron chi connectivity index (χ4n) is 1.64. The molecule has 1 aromatic carbocycles. The van der Waals surface area contributed by atoms with Crippen molar-refractivity contribution >= 4 is 27.0 Å². The molecule has 0 saturated carbocycles. The Morgan fingerprint density at radius 1 is 1.22 bits per heavy atom. The summed E-state index contributed by atoms with van der Waals surface area (Å²) in [4.78, 5) is 13.3. The van der Waals surface area contributed by atoms with Crippen LogP contribution in [0.1, 0.15) is 20.8 Å². The van der Waals surface area contributed by atoms with Crippen LogP contribution in [-0.2, 0) is 9.84 Å². The Labute approximate surface area is 110 Å². The number of benzene rings is 1. The summed E-state index contributed by atoms with van der Waals surface area (Å²) in [6, 6.07) is 7.90. The quantitative estimate of drug-likeness (QED) is 0.812. The highest BCUT2D eigenvalue weighted by molar-refractivity contribution is 7.90. The van der Waals surface area contributed by atoms with E-state index < -0.39 is 9.84 Å². The summed E-state index contributed by atoms with van der Waals surface area (Å²) in [5.41, 5.74) is 1.03. The maximum Gasteiger partial charge on any atom is 0.194 e. The molecule has 0 atom stereocenters. The van der Waals surface area contributed by atoms with Gasteiger partial charge in [0.25, 0.3) is 0 Å². The van der Waals surface area contributed by atoms with Crippen LogP contribution in [0, 0.1) is 6.92 Å². The molecule has 1 heterocycles. The van der Waals surface area contributed by atoms with E-state index in [0.29, 0.717) is 11.1 Å². The number of rotatable bonds is 3. The highest BCUT2D eigenvalue weighted by atomic mass is 32.2. The van der Waals surface area contributed by atoms with E-state index in [1.54, 1.807) is 18.2 Å². The van der Waals surface area contributed by atoms with Crippen LogP contribution in [0.5, 0.6) is 0 Å². The van der Waals surface area contributed by atoms with Gasteiger partial charge in [-0.15, -0.1) is 11.3 Å². The molecule has 0 aliphatic rings. The molecule has 0 spiro atoms. The predicted molar refractivity (Wildman–Crippen MR) is 72.0 cm³/mol. The molecule has 0 aliphatic carbocycles. The zero-order valence-electron chi connectivity index (χ0n) is 10.0. The first-order valence-corrected chi connectivity index (χ1v) is 8.05. The Bertz CT molecular complexity index is 697. The van der Waals surface area contributed by atoms with Crippen molar-refractivity contribution in [2.45, 2.75) is 11.8 Å². The molecule has 2 aromatic rings. The Morgan fingerprint density at radius 3 is 2.50 bits per heavy atom. The fraction of sp³-hybridized carbons (Fsp3) is 0.154. The minimum absolute atomic E-state index is 0.140. The van der Waals surface area contributed by atoms with Gasteiger partial charge >= 0.3 is 0 Å². The number of hydrogen-bond acceptors (Lipinski definition) is 4. The molecular formula is C13H12O3S2. The van der Waals surface area contributed by atoms with Crippen LogP contribution in [0.15, 0.2) is 40.6 Å². The van der Waals surface area contributed by atoms with E-state index >= 15 is 0 Å². The molecule has 5 heteroatoms. The molecule has 18 heavy (non-hydrogen) atoms. The Morgan fingerprint density at radius 2 is 1.94 bits per heavy atom. The maximum atomic E-state index is 12.2. The van der Waals surface area contributed by atoms with Gasteiger partial charge in [0.15, 0.2) is 15.6 Å². The van der Waals surface area contributed by atoms with Crippen molar-refractivity contribution in [3.8, 4) is 0 Å². The van der Waals surface area contributed by atoms with E-state index in [4.69, 9.17) is 0 Å². The number of carbonyl (C=O) groups is 1. The van der Waals surface area contributed by atoms with Crippen molar-refractivity contribution < 1.29 is 13.2 Å². The van der Waals surface area contributed by atoms with Crippen molar-refractivity contribution in [2.24, 2.45) is 0 Å². The maximum absolute atomic E-state index is 12.2. The molecule has 3 nitrogen and oxygen atoms in total. The molecule has 0 fully saturated rings. The summed E-state index contributed by atoms with van der Waals surface area (Å²) in [5.74, 6) is -0.140. The minimum Gasteiger partial charge on any atom is -0.289 e. The van der Waals surface area contributed by atoms with Crippen LogP contribution < -0.4 is 0 Å². The average molecular weight is 280 g/mol. The van der Waals surface area contributed by atoms with Gasteiger partial charge in [-0.25, -0.2) is 8.42 Å². The summed E-state index contributed by atoms with van der Waals surface area (Å²) in [6.07, 6.45) is 1.13. The molecule has 0 aliphatic heterocycles. The first-order chi connectivity index (χ1) is 8.39. The third-order valence-corrected chi connectivity index (χ3v) is 4.58. The van der Waals surface area contributed by atoms with Crippen LogP contribution in [0.4, 0.5) is 0 Å². The van der Waals surface area contributed by atoms with Gasteiger partial charge in [0.2, 0.25) is 0 Å². The van der Waals surface area contributed by atoms with Gasteiger partial charge < -0.3 is 0 Å². The van der Waals surface area contributed by atoms with E-state index in [9.17, 15) is 13.2 Å². The second-order valence-corrected chi connectivity index (χ2v) is 7.16. The normalized spacial score (nSPS) is 11.4. The predicted octanol–water partition coefficient (Wildman–Crippen LogP) is 2.69. The van der Waals surface area contributed by atoms with Crippen molar-refractivity contribution in [3.63, 3.8) is 0 Å². The summed E-state index contributed by atoms with van der Waals surface area (Å²) in [7, 11) is -3.29. The summed E-state index contributed by atoms with van der Waals surface area (Å²) >= 11 is 1.50. The molecule has 0 unspecified atom stereocenters. The van der Waals surface area contributed by atoms with Gasteiger partial charge in [0, 0.05) is 22.3 Å². The van der Waals surface area contributed by atoms with Crippen molar-refractivity contribution in [2.75, 3.05) is 6.26 Å². The van der Waals surface area contributed by atoms with Crippen molar-refractivity contribution in [1.82, 2.24) is 0 Å². The molecular weight excluding hydrogens is 268 g/mol. The van der Waals surface area contributed by atoms with E-state index in [1.165, 1.54) is 23.5 Å². The number of sulfone groups is 1. The zero-order valence-corrected chi connectivity index (χ0v) is 11.6. The van der Waals surface area contributed by atoms with Crippen LogP contribution in [0.3, 0.4) is 0 Å². The van der Waals surface area contributed by atoms with Gasteiger partial charge in [0.1, 0.15) is 0 Å². The van der Waals surface area contributed by atoms with Crippen LogP contribution >= 0.6 is 11.3 Å². The first kappa shape index (κ1) is 13.0. The zero-order chi connectivity index (χ0) is 13.3. The van der Waals surface area contributed by atoms with E-state index in [-0.39, 0.29) is 10.7 Å². The first-order valence-electron chi connectivity index (χ1n) is 5.28. The van der Waals surface area contributed by atoms with Crippen LogP contribution in [-0.4, -0.2) is 20.5 Å². The topological polar surface area (TPSA) is 51.2 Å². The smallest absolute Gasteiger partial charge is 0.194 e. The van der Waals surface area contributed by atoms with Gasteiger partial charge in [-0.05, 0) is 30.5 Å². The second kappa shape index (κ2) is 4.66. The van der Waals surface area contributed by atoms with Gasteiger partial charge in [0.05, 0.1) is 4.90 Å². The van der Waals surface area contributed by atoms with Crippen LogP contribution in [0.2, 0.25) is 0 Å². The van der Waals surface area contributed by atoms with Crippen molar-refractivity contribution in [1.29, 1.82) is 0 Å². The van der Waals surface area contributed by atoms with Gasteiger partial charge in [-0.1, -0.05) is 12.1 Å². The van der Waals surface area contributed by atoms with E-state index in [0.717, 1.165) is 11.1 Å².